The van der Waals surface area contributed by atoms with Gasteiger partial charge in [0.2, 0.25) is 0 Å². The number of carbonyl (C=O) groups is 1. The van der Waals surface area contributed by atoms with Crippen LogP contribution in [0.25, 0.3) is 10.8 Å². The molecule has 0 aliphatic carbocycles. The lowest BCUT2D eigenvalue weighted by Gasteiger charge is -2.12. The lowest BCUT2D eigenvalue weighted by atomic mass is 10.1. The maximum Gasteiger partial charge on any atom is 0.336 e. The predicted octanol–water partition coefficient (Wildman–Crippen LogP) is 1.91. The van der Waals surface area contributed by atoms with E-state index in [-0.39, 0.29) is 0 Å². The summed E-state index contributed by atoms with van der Waals surface area (Å²) in [5.74, 6) is -0.196. The Kier molecular flexibility index (Phi) is 3.97. The van der Waals surface area contributed by atoms with Crippen molar-refractivity contribution in [2.75, 3.05) is 32.5 Å². The van der Waals surface area contributed by atoms with Crippen LogP contribution in [-0.4, -0.2) is 48.1 Å². The molecule has 0 atom stereocenters. The van der Waals surface area contributed by atoms with Crippen LogP contribution in [0.1, 0.15) is 10.4 Å². The Hall–Kier alpha value is -2.14. The molecule has 1 aromatic heterocycles. The molecule has 0 unspecified atom stereocenters. The molecule has 0 aliphatic rings. The van der Waals surface area contributed by atoms with Crippen molar-refractivity contribution in [3.05, 3.63) is 36.0 Å². The Morgan fingerprint density at radius 2 is 2.11 bits per heavy atom. The van der Waals surface area contributed by atoms with Crippen LogP contribution in [0.15, 0.2) is 30.5 Å². The van der Waals surface area contributed by atoms with Crippen LogP contribution in [0.5, 0.6) is 0 Å². The Labute approximate surface area is 111 Å². The summed E-state index contributed by atoms with van der Waals surface area (Å²) in [4.78, 5) is 17.5. The van der Waals surface area contributed by atoms with E-state index in [9.17, 15) is 9.90 Å². The van der Waals surface area contributed by atoms with E-state index in [1.165, 1.54) is 0 Å². The first kappa shape index (κ1) is 13.3. The van der Waals surface area contributed by atoms with E-state index in [1.807, 2.05) is 20.2 Å². The third-order valence-corrected chi connectivity index (χ3v) is 2.89. The van der Waals surface area contributed by atoms with Gasteiger partial charge in [0.25, 0.3) is 0 Å². The number of nitrogens with one attached hydrogen (secondary N) is 1. The van der Waals surface area contributed by atoms with Crippen molar-refractivity contribution in [1.82, 2.24) is 9.88 Å². The van der Waals surface area contributed by atoms with Gasteiger partial charge in [-0.05, 0) is 26.2 Å². The Morgan fingerprint density at radius 1 is 1.32 bits per heavy atom. The van der Waals surface area contributed by atoms with Crippen LogP contribution in [-0.2, 0) is 0 Å². The van der Waals surface area contributed by atoms with Crippen molar-refractivity contribution in [3.8, 4) is 0 Å². The minimum atomic E-state index is -0.920. The molecule has 100 valence electrons. The molecule has 5 nitrogen and oxygen atoms in total. The molecule has 0 bridgehead atoms. The smallest absolute Gasteiger partial charge is 0.336 e. The van der Waals surface area contributed by atoms with Gasteiger partial charge in [0.15, 0.2) is 0 Å². The summed E-state index contributed by atoms with van der Waals surface area (Å²) in [5.41, 5.74) is 0.301. The van der Waals surface area contributed by atoms with Gasteiger partial charge in [0, 0.05) is 30.1 Å². The molecular weight excluding hydrogens is 242 g/mol. The van der Waals surface area contributed by atoms with Crippen LogP contribution < -0.4 is 5.32 Å². The Balaban J connectivity index is 2.35. The molecule has 1 aromatic carbocycles. The first-order valence-corrected chi connectivity index (χ1v) is 6.09. The van der Waals surface area contributed by atoms with Crippen molar-refractivity contribution in [3.63, 3.8) is 0 Å². The molecule has 0 aliphatic heterocycles. The maximum atomic E-state index is 11.2. The second kappa shape index (κ2) is 5.67. The number of carboxylic acid groups (broad SMARTS) is 1. The normalized spacial score (nSPS) is 10.9. The number of benzene rings is 1. The summed E-state index contributed by atoms with van der Waals surface area (Å²) in [7, 11) is 4.00. The first-order valence-electron chi connectivity index (χ1n) is 6.09. The van der Waals surface area contributed by atoms with Crippen LogP contribution in [0.4, 0.5) is 5.82 Å². The zero-order valence-corrected chi connectivity index (χ0v) is 11.1. The van der Waals surface area contributed by atoms with Gasteiger partial charge in [-0.15, -0.1) is 0 Å². The molecule has 0 spiro atoms. The third kappa shape index (κ3) is 3.00. The summed E-state index contributed by atoms with van der Waals surface area (Å²) < 4.78 is 0. The number of aromatic nitrogens is 1. The van der Waals surface area contributed by atoms with E-state index in [2.05, 4.69) is 15.2 Å². The number of pyridine rings is 1. The van der Waals surface area contributed by atoms with Gasteiger partial charge in [-0.1, -0.05) is 12.1 Å². The minimum Gasteiger partial charge on any atom is -0.478 e. The van der Waals surface area contributed by atoms with E-state index in [4.69, 9.17) is 0 Å². The summed E-state index contributed by atoms with van der Waals surface area (Å²) in [6.45, 7) is 1.65. The van der Waals surface area contributed by atoms with Crippen LogP contribution in [0.3, 0.4) is 0 Å². The number of hydrogen-bond donors (Lipinski definition) is 2. The van der Waals surface area contributed by atoms with E-state index in [0.717, 1.165) is 24.3 Å². The molecule has 0 saturated carbocycles. The highest BCUT2D eigenvalue weighted by molar-refractivity contribution is 6.06. The molecule has 5 heteroatoms. The van der Waals surface area contributed by atoms with Crippen molar-refractivity contribution in [1.29, 1.82) is 0 Å². The van der Waals surface area contributed by atoms with Crippen molar-refractivity contribution >= 4 is 22.6 Å². The molecule has 0 saturated heterocycles. The Morgan fingerprint density at radius 3 is 2.79 bits per heavy atom. The minimum absolute atomic E-state index is 0.301. The van der Waals surface area contributed by atoms with E-state index < -0.39 is 5.97 Å². The predicted molar refractivity (Wildman–Crippen MR) is 75.7 cm³/mol. The summed E-state index contributed by atoms with van der Waals surface area (Å²) in [5, 5.41) is 14.0. The van der Waals surface area contributed by atoms with Gasteiger partial charge in [0.1, 0.15) is 5.82 Å². The molecule has 0 radical (unpaired) electrons. The standard InChI is InChI=1S/C14H17N3O2/c1-17(2)9-8-16-13-11-4-3-5-12(14(18)19)10(11)6-7-15-13/h3-7H,8-9H2,1-2H3,(H,15,16)(H,18,19). The highest BCUT2D eigenvalue weighted by Crippen LogP contribution is 2.24. The molecule has 0 amide bonds. The zero-order chi connectivity index (χ0) is 13.8. The van der Waals surface area contributed by atoms with Crippen LogP contribution >= 0.6 is 0 Å². The van der Waals surface area contributed by atoms with Gasteiger partial charge in [-0.3, -0.25) is 0 Å². The number of anilines is 1. The SMILES string of the molecule is CN(C)CCNc1nccc2c(C(=O)O)cccc12. The van der Waals surface area contributed by atoms with Gasteiger partial charge >= 0.3 is 5.97 Å². The summed E-state index contributed by atoms with van der Waals surface area (Å²) in [6, 6.07) is 6.96. The highest BCUT2D eigenvalue weighted by atomic mass is 16.4. The zero-order valence-electron chi connectivity index (χ0n) is 11.1. The summed E-state index contributed by atoms with van der Waals surface area (Å²) >= 11 is 0. The molecule has 19 heavy (non-hydrogen) atoms. The average molecular weight is 259 g/mol. The van der Waals surface area contributed by atoms with Crippen molar-refractivity contribution < 1.29 is 9.90 Å². The second-order valence-corrected chi connectivity index (χ2v) is 4.60. The van der Waals surface area contributed by atoms with Crippen LogP contribution in [0.2, 0.25) is 0 Å². The lowest BCUT2D eigenvalue weighted by Crippen LogP contribution is -2.21. The first-order chi connectivity index (χ1) is 9.09. The number of hydrogen-bond acceptors (Lipinski definition) is 4. The van der Waals surface area contributed by atoms with E-state index in [0.29, 0.717) is 10.9 Å². The number of rotatable bonds is 5. The molecule has 2 rings (SSSR count). The molecular formula is C14H17N3O2. The fourth-order valence-electron chi connectivity index (χ4n) is 1.93. The number of fused-ring (bicyclic) bond motifs is 1. The average Bonchev–Trinajstić information content (AvgIpc) is 2.37. The monoisotopic (exact) mass is 259 g/mol. The molecule has 2 N–H and O–H groups in total. The van der Waals surface area contributed by atoms with E-state index in [1.54, 1.807) is 24.4 Å². The van der Waals surface area contributed by atoms with Crippen molar-refractivity contribution in [2.45, 2.75) is 0 Å². The summed E-state index contributed by atoms with van der Waals surface area (Å²) in [6.07, 6.45) is 1.63. The topological polar surface area (TPSA) is 65.5 Å². The van der Waals surface area contributed by atoms with Crippen LogP contribution in [0, 0.1) is 0 Å². The van der Waals surface area contributed by atoms with Gasteiger partial charge in [-0.25, -0.2) is 9.78 Å². The third-order valence-electron chi connectivity index (χ3n) is 2.89. The second-order valence-electron chi connectivity index (χ2n) is 4.60. The lowest BCUT2D eigenvalue weighted by molar-refractivity contribution is 0.0699. The maximum absolute atomic E-state index is 11.2. The number of nitrogens with zero attached hydrogens (tertiary/aromatic N) is 2. The van der Waals surface area contributed by atoms with Crippen molar-refractivity contribution in [2.24, 2.45) is 0 Å². The largest absolute Gasteiger partial charge is 0.478 e. The fourth-order valence-corrected chi connectivity index (χ4v) is 1.93. The number of aromatic carboxylic acids is 1. The molecule has 1 heterocycles. The molecule has 2 aromatic rings. The molecule has 0 fully saturated rings. The Bertz CT molecular complexity index is 596. The highest BCUT2D eigenvalue weighted by Gasteiger charge is 2.10. The number of carboxylic acids is 1. The van der Waals surface area contributed by atoms with Gasteiger partial charge in [0.05, 0.1) is 5.56 Å². The van der Waals surface area contributed by atoms with E-state index >= 15 is 0 Å². The van der Waals surface area contributed by atoms with Gasteiger partial charge in [-0.2, -0.15) is 0 Å². The quantitative estimate of drug-likeness (QED) is 0.858. The number of likely N-dealkylation sites (N-methyl/N-ethyl adjacent to an activating group) is 1. The fraction of sp³-hybridized carbons (Fsp3) is 0.286. The van der Waals surface area contributed by atoms with Gasteiger partial charge < -0.3 is 15.3 Å².